The van der Waals surface area contributed by atoms with Crippen molar-refractivity contribution in [3.8, 4) is 11.5 Å². The molecule has 0 spiro atoms. The van der Waals surface area contributed by atoms with Crippen LogP contribution in [0, 0.1) is 0 Å². The normalized spacial score (nSPS) is 15.1. The fourth-order valence-corrected chi connectivity index (χ4v) is 1.61. The summed E-state index contributed by atoms with van der Waals surface area (Å²) < 4.78 is 36.7. The van der Waals surface area contributed by atoms with E-state index in [1.54, 1.807) is 22.6 Å². The number of aromatic nitrogens is 1. The Bertz CT molecular complexity index is 373. The molecule has 82 valence electrons. The van der Waals surface area contributed by atoms with Crippen LogP contribution in [0.15, 0.2) is 12.3 Å². The Balaban J connectivity index is 2.36. The SMILES string of the molecule is FC(F)(CI)c1cc2c(cn1)OCCO2. The average Bonchev–Trinajstić information content (AvgIpc) is 2.28. The molecule has 0 aromatic carbocycles. The van der Waals surface area contributed by atoms with Crippen molar-refractivity contribution >= 4 is 22.6 Å². The quantitative estimate of drug-likeness (QED) is 0.617. The number of rotatable bonds is 2. The Kier molecular flexibility index (Phi) is 2.94. The second-order valence-corrected chi connectivity index (χ2v) is 3.81. The highest BCUT2D eigenvalue weighted by Gasteiger charge is 2.33. The maximum atomic E-state index is 13.3. The van der Waals surface area contributed by atoms with E-state index in [1.807, 2.05) is 0 Å². The van der Waals surface area contributed by atoms with Crippen LogP contribution in [-0.4, -0.2) is 22.6 Å². The van der Waals surface area contributed by atoms with Gasteiger partial charge in [0.05, 0.1) is 10.6 Å². The number of nitrogens with zero attached hydrogens (tertiary/aromatic N) is 1. The summed E-state index contributed by atoms with van der Waals surface area (Å²) >= 11 is 1.63. The summed E-state index contributed by atoms with van der Waals surface area (Å²) in [6.45, 7) is 0.808. The maximum Gasteiger partial charge on any atom is 0.298 e. The van der Waals surface area contributed by atoms with Crippen molar-refractivity contribution < 1.29 is 18.3 Å². The van der Waals surface area contributed by atoms with E-state index in [0.29, 0.717) is 24.7 Å². The van der Waals surface area contributed by atoms with Crippen molar-refractivity contribution in [2.45, 2.75) is 5.92 Å². The van der Waals surface area contributed by atoms with Gasteiger partial charge in [-0.3, -0.25) is 4.98 Å². The number of ether oxygens (including phenoxy) is 2. The predicted octanol–water partition coefficient (Wildman–Crippen LogP) is 2.38. The minimum atomic E-state index is -2.92. The van der Waals surface area contributed by atoms with Crippen LogP contribution < -0.4 is 9.47 Å². The van der Waals surface area contributed by atoms with Crippen LogP contribution in [-0.2, 0) is 5.92 Å². The van der Waals surface area contributed by atoms with Crippen LogP contribution in [0.3, 0.4) is 0 Å². The Labute approximate surface area is 98.9 Å². The lowest BCUT2D eigenvalue weighted by molar-refractivity contribution is 0.0210. The zero-order chi connectivity index (χ0) is 10.9. The molecule has 0 fully saturated rings. The van der Waals surface area contributed by atoms with Crippen molar-refractivity contribution in [2.24, 2.45) is 0 Å². The summed E-state index contributed by atoms with van der Waals surface area (Å²) in [4.78, 5) is 3.67. The zero-order valence-corrected chi connectivity index (χ0v) is 9.83. The van der Waals surface area contributed by atoms with E-state index in [9.17, 15) is 8.78 Å². The second kappa shape index (κ2) is 4.07. The fourth-order valence-electron chi connectivity index (χ4n) is 1.22. The molecule has 0 amide bonds. The first-order valence-electron chi connectivity index (χ1n) is 4.33. The van der Waals surface area contributed by atoms with Crippen molar-refractivity contribution in [2.75, 3.05) is 17.6 Å². The molecule has 1 aliphatic heterocycles. The third-order valence-electron chi connectivity index (χ3n) is 1.97. The van der Waals surface area contributed by atoms with Gasteiger partial charge in [-0.15, -0.1) is 0 Å². The van der Waals surface area contributed by atoms with Gasteiger partial charge in [-0.1, -0.05) is 22.6 Å². The van der Waals surface area contributed by atoms with E-state index in [1.165, 1.54) is 12.3 Å². The van der Waals surface area contributed by atoms with Crippen molar-refractivity contribution in [1.29, 1.82) is 0 Å². The minimum Gasteiger partial charge on any atom is -0.486 e. The van der Waals surface area contributed by atoms with Crippen LogP contribution in [0.4, 0.5) is 8.78 Å². The summed E-state index contributed by atoms with van der Waals surface area (Å²) in [5.74, 6) is -2.15. The van der Waals surface area contributed by atoms with E-state index in [-0.39, 0.29) is 10.1 Å². The maximum absolute atomic E-state index is 13.3. The number of hydrogen-bond donors (Lipinski definition) is 0. The molecule has 6 heteroatoms. The molecule has 1 aliphatic rings. The third-order valence-corrected chi connectivity index (χ3v) is 2.93. The molecule has 2 rings (SSSR count). The molecule has 0 bridgehead atoms. The van der Waals surface area contributed by atoms with Crippen molar-refractivity contribution in [3.63, 3.8) is 0 Å². The lowest BCUT2D eigenvalue weighted by atomic mass is 10.2. The smallest absolute Gasteiger partial charge is 0.298 e. The second-order valence-electron chi connectivity index (χ2n) is 3.05. The predicted molar refractivity (Wildman–Crippen MR) is 58.0 cm³/mol. The Hall–Kier alpha value is -0.660. The summed E-state index contributed by atoms with van der Waals surface area (Å²) in [6, 6.07) is 1.24. The van der Waals surface area contributed by atoms with Gasteiger partial charge in [0, 0.05) is 6.07 Å². The van der Waals surface area contributed by atoms with Gasteiger partial charge >= 0.3 is 0 Å². The van der Waals surface area contributed by atoms with E-state index < -0.39 is 5.92 Å². The molecular formula is C9H8F2INO2. The molecular weight excluding hydrogens is 319 g/mol. The van der Waals surface area contributed by atoms with E-state index in [0.717, 1.165) is 0 Å². The van der Waals surface area contributed by atoms with Gasteiger partial charge in [0.2, 0.25) is 0 Å². The standard InChI is InChI=1S/C9H8F2INO2/c10-9(11,5-12)8-3-6-7(4-13-8)15-2-1-14-6/h3-4H,1-2,5H2. The summed E-state index contributed by atoms with van der Waals surface area (Å²) in [5.41, 5.74) is -0.277. The molecule has 0 radical (unpaired) electrons. The number of pyridine rings is 1. The van der Waals surface area contributed by atoms with Crippen LogP contribution in [0.1, 0.15) is 5.69 Å². The number of halogens is 3. The van der Waals surface area contributed by atoms with Gasteiger partial charge in [0.15, 0.2) is 11.5 Å². The first-order chi connectivity index (χ1) is 7.13. The lowest BCUT2D eigenvalue weighted by Crippen LogP contribution is -2.20. The van der Waals surface area contributed by atoms with Crippen molar-refractivity contribution in [1.82, 2.24) is 4.98 Å². The number of fused-ring (bicyclic) bond motifs is 1. The van der Waals surface area contributed by atoms with Gasteiger partial charge in [-0.2, -0.15) is 8.78 Å². The Morgan fingerprint density at radius 1 is 1.33 bits per heavy atom. The lowest BCUT2D eigenvalue weighted by Gasteiger charge is -2.20. The topological polar surface area (TPSA) is 31.4 Å². The summed E-state index contributed by atoms with van der Waals surface area (Å²) in [7, 11) is 0. The highest BCUT2D eigenvalue weighted by Crippen LogP contribution is 2.35. The third kappa shape index (κ3) is 2.14. The number of alkyl halides is 3. The Morgan fingerprint density at radius 3 is 2.67 bits per heavy atom. The van der Waals surface area contributed by atoms with E-state index in [2.05, 4.69) is 4.98 Å². The van der Waals surface area contributed by atoms with Gasteiger partial charge < -0.3 is 9.47 Å². The average molecular weight is 327 g/mol. The van der Waals surface area contributed by atoms with Crippen LogP contribution in [0.2, 0.25) is 0 Å². The molecule has 15 heavy (non-hydrogen) atoms. The zero-order valence-electron chi connectivity index (χ0n) is 7.67. The molecule has 3 nitrogen and oxygen atoms in total. The molecule has 1 aromatic rings. The van der Waals surface area contributed by atoms with Gasteiger partial charge in [-0.05, 0) is 0 Å². The first kappa shape index (κ1) is 10.8. The summed E-state index contributed by atoms with van der Waals surface area (Å²) in [6.07, 6.45) is 1.28. The Morgan fingerprint density at radius 2 is 2.00 bits per heavy atom. The largest absolute Gasteiger partial charge is 0.486 e. The molecule has 0 N–H and O–H groups in total. The summed E-state index contributed by atoms with van der Waals surface area (Å²) in [5, 5.41) is 0. The fraction of sp³-hybridized carbons (Fsp3) is 0.444. The van der Waals surface area contributed by atoms with E-state index in [4.69, 9.17) is 9.47 Å². The highest BCUT2D eigenvalue weighted by atomic mass is 127. The van der Waals surface area contributed by atoms with Crippen molar-refractivity contribution in [3.05, 3.63) is 18.0 Å². The highest BCUT2D eigenvalue weighted by molar-refractivity contribution is 14.1. The van der Waals surface area contributed by atoms with Gasteiger partial charge in [0.25, 0.3) is 5.92 Å². The molecule has 0 aliphatic carbocycles. The molecule has 0 atom stereocenters. The molecule has 1 aromatic heterocycles. The van der Waals surface area contributed by atoms with Crippen LogP contribution in [0.25, 0.3) is 0 Å². The van der Waals surface area contributed by atoms with Crippen LogP contribution in [0.5, 0.6) is 11.5 Å². The molecule has 0 saturated carbocycles. The molecule has 0 unspecified atom stereocenters. The first-order valence-corrected chi connectivity index (χ1v) is 5.86. The molecule has 0 saturated heterocycles. The van der Waals surface area contributed by atoms with Gasteiger partial charge in [-0.25, -0.2) is 0 Å². The van der Waals surface area contributed by atoms with E-state index >= 15 is 0 Å². The number of hydrogen-bond acceptors (Lipinski definition) is 3. The minimum absolute atomic E-state index is 0.277. The van der Waals surface area contributed by atoms with Gasteiger partial charge in [0.1, 0.15) is 18.9 Å². The monoisotopic (exact) mass is 327 g/mol. The molecule has 2 heterocycles. The van der Waals surface area contributed by atoms with Crippen LogP contribution >= 0.6 is 22.6 Å².